The number of rotatable bonds is 16. The van der Waals surface area contributed by atoms with E-state index in [9.17, 15) is 10.2 Å². The molecule has 0 radical (unpaired) electrons. The minimum atomic E-state index is -1.25. The van der Waals surface area contributed by atoms with Crippen molar-refractivity contribution in [2.45, 2.75) is 130 Å². The van der Waals surface area contributed by atoms with Gasteiger partial charge in [-0.3, -0.25) is 9.98 Å². The summed E-state index contributed by atoms with van der Waals surface area (Å²) in [5.41, 5.74) is 8.18. The summed E-state index contributed by atoms with van der Waals surface area (Å²) in [5.74, 6) is 5.52. The zero-order valence-corrected chi connectivity index (χ0v) is 36.0. The standard InChI is InChI=1S/C29H36N2.C15H28O2Si2.Ni/c1-5-9-11-18-29(31-27-16-12-15-25(23-27)14-8-4)28(17-10-6-2)30-26-21-19-24(13-7-3)20-22-26;1-18(2,3)8-7-13-9-12(11-19(4,5)6)10-14(16)15(13)17;/h7,12-13,15-16,19-23H,5-6,9-11,17-18H2,1-4H3;9-10,16-17H,7-8,11H2,1-6H3;/q;;+2/p-2. The van der Waals surface area contributed by atoms with E-state index in [4.69, 9.17) is 9.98 Å². The second-order valence-corrected chi connectivity index (χ2v) is 26.7. The van der Waals surface area contributed by atoms with E-state index >= 15 is 0 Å². The first-order chi connectivity index (χ1) is 23.7. The Kier molecular flexibility index (Phi) is 21.0. The summed E-state index contributed by atoms with van der Waals surface area (Å²) in [7, 11) is -2.43. The number of allylic oxidation sites excluding steroid dienone is 1. The summed E-state index contributed by atoms with van der Waals surface area (Å²) in [4.78, 5) is 10.1. The van der Waals surface area contributed by atoms with Crippen LogP contribution in [0.3, 0.4) is 0 Å². The predicted octanol–water partition coefficient (Wildman–Crippen LogP) is 11.8. The van der Waals surface area contributed by atoms with Crippen LogP contribution in [-0.2, 0) is 29.0 Å². The second kappa shape index (κ2) is 23.4. The molecule has 0 heterocycles. The molecule has 0 saturated carbocycles. The van der Waals surface area contributed by atoms with Gasteiger partial charge in [-0.25, -0.2) is 0 Å². The molecule has 0 unspecified atom stereocenters. The van der Waals surface area contributed by atoms with Gasteiger partial charge in [0.05, 0.1) is 22.8 Å². The van der Waals surface area contributed by atoms with Crippen molar-refractivity contribution >= 4 is 45.0 Å². The molecule has 51 heavy (non-hydrogen) atoms. The number of aliphatic imine (C=N–C) groups is 2. The Morgan fingerprint density at radius 1 is 0.765 bits per heavy atom. The molecular weight excluding hydrogens is 703 g/mol. The van der Waals surface area contributed by atoms with E-state index in [0.29, 0.717) is 0 Å². The Morgan fingerprint density at radius 2 is 1.39 bits per heavy atom. The maximum atomic E-state index is 11.9. The largest absolute Gasteiger partial charge is 2.00 e. The van der Waals surface area contributed by atoms with Crippen molar-refractivity contribution in [2.75, 3.05) is 0 Å². The average Bonchev–Trinajstić information content (AvgIpc) is 3.04. The van der Waals surface area contributed by atoms with Gasteiger partial charge in [-0.2, -0.15) is 0 Å². The molecule has 4 nitrogen and oxygen atoms in total. The van der Waals surface area contributed by atoms with Gasteiger partial charge in [0.25, 0.3) is 0 Å². The van der Waals surface area contributed by atoms with E-state index in [2.05, 4.69) is 114 Å². The SMILES string of the molecule is CC#Cc1cccc(N=C(CCCCC)C(CCCC)=Nc2ccc(C=CC)cc2)c1.C[Si](C)(C)CCc1cc(C[Si](C)(C)C)cc([O-])c1[O-].[Ni+2]. The Morgan fingerprint density at radius 3 is 1.96 bits per heavy atom. The van der Waals surface area contributed by atoms with Crippen LogP contribution in [-0.4, -0.2) is 27.6 Å². The topological polar surface area (TPSA) is 70.8 Å². The van der Waals surface area contributed by atoms with Crippen LogP contribution in [0.5, 0.6) is 11.5 Å². The third kappa shape index (κ3) is 18.8. The van der Waals surface area contributed by atoms with Crippen molar-refractivity contribution in [3.63, 3.8) is 0 Å². The van der Waals surface area contributed by atoms with Crippen molar-refractivity contribution in [3.8, 4) is 23.3 Å². The molecule has 3 rings (SSSR count). The monoisotopic (exact) mass is 764 g/mol. The van der Waals surface area contributed by atoms with Crippen molar-refractivity contribution < 1.29 is 26.7 Å². The molecule has 0 fully saturated rings. The minimum absolute atomic E-state index is 0. The van der Waals surface area contributed by atoms with Crippen LogP contribution in [0, 0.1) is 11.8 Å². The molecule has 3 aromatic rings. The van der Waals surface area contributed by atoms with Crippen molar-refractivity contribution in [3.05, 3.63) is 89.0 Å². The predicted molar refractivity (Wildman–Crippen MR) is 222 cm³/mol. The number of nitrogens with zero attached hydrogens (tertiary/aromatic N) is 2. The third-order valence-corrected chi connectivity index (χ3v) is 11.3. The van der Waals surface area contributed by atoms with Gasteiger partial charge in [0, 0.05) is 21.7 Å². The normalized spacial score (nSPS) is 12.1. The number of hydrogen-bond acceptors (Lipinski definition) is 4. The molecule has 0 N–H and O–H groups in total. The van der Waals surface area contributed by atoms with Gasteiger partial charge >= 0.3 is 16.5 Å². The van der Waals surface area contributed by atoms with Crippen molar-refractivity contribution in [1.82, 2.24) is 0 Å². The molecule has 3 aromatic carbocycles. The van der Waals surface area contributed by atoms with Crippen LogP contribution in [0.15, 0.2) is 76.7 Å². The Bertz CT molecular complexity index is 1640. The summed E-state index contributed by atoms with van der Waals surface area (Å²) < 4.78 is 0. The number of benzene rings is 3. The van der Waals surface area contributed by atoms with Gasteiger partial charge in [0.15, 0.2) is 0 Å². The number of aryl methyl sites for hydroxylation is 1. The molecule has 0 aromatic heterocycles. The molecule has 0 amide bonds. The van der Waals surface area contributed by atoms with Crippen LogP contribution < -0.4 is 10.2 Å². The van der Waals surface area contributed by atoms with Gasteiger partial charge in [0.2, 0.25) is 0 Å². The first-order valence-corrected chi connectivity index (χ1v) is 26.0. The van der Waals surface area contributed by atoms with Gasteiger partial charge < -0.3 is 10.2 Å². The molecule has 0 aliphatic rings. The number of hydrogen-bond donors (Lipinski definition) is 0. The average molecular weight is 766 g/mol. The Balaban J connectivity index is 0.000000559. The van der Waals surface area contributed by atoms with Crippen LogP contribution in [0.4, 0.5) is 11.4 Å². The molecule has 278 valence electrons. The maximum absolute atomic E-state index is 11.9. The van der Waals surface area contributed by atoms with Gasteiger partial charge in [-0.1, -0.05) is 138 Å². The van der Waals surface area contributed by atoms with Crippen LogP contribution >= 0.6 is 0 Å². The molecule has 0 aliphatic carbocycles. The number of unbranched alkanes of at least 4 members (excludes halogenated alkanes) is 3. The molecule has 0 saturated heterocycles. The Hall–Kier alpha value is -3.17. The maximum Gasteiger partial charge on any atom is 2.00 e. The van der Waals surface area contributed by atoms with Crippen molar-refractivity contribution in [2.24, 2.45) is 9.98 Å². The summed E-state index contributed by atoms with van der Waals surface area (Å²) in [5, 5.41) is 23.7. The molecule has 0 aliphatic heterocycles. The smallest absolute Gasteiger partial charge is 0.873 e. The van der Waals surface area contributed by atoms with Crippen LogP contribution in [0.1, 0.15) is 94.9 Å². The quantitative estimate of drug-likeness (QED) is 0.0630. The molecule has 0 bridgehead atoms. The first kappa shape index (κ1) is 45.8. The Labute approximate surface area is 323 Å². The van der Waals surface area contributed by atoms with E-state index in [1.165, 1.54) is 18.4 Å². The van der Waals surface area contributed by atoms with E-state index in [1.807, 2.05) is 32.0 Å². The fourth-order valence-corrected chi connectivity index (χ4v) is 7.96. The summed E-state index contributed by atoms with van der Waals surface area (Å²) in [6.45, 7) is 22.1. The molecular formula is C44H62N2NiO2Si2. The molecule has 0 spiro atoms. The van der Waals surface area contributed by atoms with E-state index < -0.39 is 16.1 Å². The van der Waals surface area contributed by atoms with Crippen LogP contribution in [0.2, 0.25) is 45.3 Å². The van der Waals surface area contributed by atoms with Gasteiger partial charge in [0.1, 0.15) is 0 Å². The second-order valence-electron chi connectivity index (χ2n) is 15.6. The van der Waals surface area contributed by atoms with Gasteiger partial charge in [-0.05, 0) is 87.9 Å². The first-order valence-electron chi connectivity index (χ1n) is 18.6. The van der Waals surface area contributed by atoms with Crippen LogP contribution in [0.25, 0.3) is 6.08 Å². The van der Waals surface area contributed by atoms with E-state index in [1.54, 1.807) is 6.07 Å². The minimum Gasteiger partial charge on any atom is -0.873 e. The van der Waals surface area contributed by atoms with Crippen molar-refractivity contribution in [1.29, 1.82) is 0 Å². The fourth-order valence-electron chi connectivity index (χ4n) is 5.51. The molecule has 0 atom stereocenters. The van der Waals surface area contributed by atoms with E-state index in [0.717, 1.165) is 90.1 Å². The zero-order chi connectivity index (χ0) is 37.2. The summed E-state index contributed by atoms with van der Waals surface area (Å²) >= 11 is 0. The van der Waals surface area contributed by atoms with Gasteiger partial charge in [-0.15, -0.1) is 17.4 Å². The zero-order valence-electron chi connectivity index (χ0n) is 33.0. The third-order valence-electron chi connectivity index (χ3n) is 8.08. The summed E-state index contributed by atoms with van der Waals surface area (Å²) in [6, 6.07) is 22.2. The fraction of sp³-hybridized carbons (Fsp3) is 0.455. The van der Waals surface area contributed by atoms with E-state index in [-0.39, 0.29) is 28.0 Å². The molecule has 7 heteroatoms. The summed E-state index contributed by atoms with van der Waals surface area (Å²) in [6.07, 6.45) is 12.6.